The molecule has 16 nitrogen and oxygen atoms in total. The van der Waals surface area contributed by atoms with Crippen LogP contribution in [-0.4, -0.2) is 96.6 Å². The van der Waals surface area contributed by atoms with Crippen molar-refractivity contribution in [2.24, 2.45) is 51.2 Å². The Morgan fingerprint density at radius 2 is 0.496 bits per heavy atom. The van der Waals surface area contributed by atoms with Crippen LogP contribution in [-0.2, 0) is 76.3 Å². The van der Waals surface area contributed by atoms with Gasteiger partial charge in [-0.3, -0.25) is 0 Å². The van der Waals surface area contributed by atoms with Gasteiger partial charge in [0, 0.05) is 44.6 Å². The maximum atomic E-state index is 11.5. The van der Waals surface area contributed by atoms with Crippen molar-refractivity contribution < 1.29 is 76.3 Å². The van der Waals surface area contributed by atoms with Crippen LogP contribution in [0, 0.1) is 51.2 Å². The monoisotopic (exact) mass is 1740 g/mol. The van der Waals surface area contributed by atoms with E-state index in [1.807, 2.05) is 96.9 Å². The van der Waals surface area contributed by atoms with Gasteiger partial charge >= 0.3 is 47.8 Å². The van der Waals surface area contributed by atoms with Crippen molar-refractivity contribution >= 4 is 47.8 Å². The first kappa shape index (κ1) is 135. The van der Waals surface area contributed by atoms with E-state index in [-0.39, 0.29) is 104 Å². The normalized spacial score (nSPS) is 21.3. The first-order valence-electron chi connectivity index (χ1n) is 47.7. The zero-order valence-electron chi connectivity index (χ0n) is 86.5. The fraction of sp³-hybridized carbons (Fsp3) is 0.776. The zero-order chi connectivity index (χ0) is 97.2. The highest BCUT2D eigenvalue weighted by atomic mass is 16.6. The maximum absolute atomic E-state index is 11.5. The molecular weight excluding hydrogens is 1540 g/mol. The van der Waals surface area contributed by atoms with Crippen LogP contribution in [0.1, 0.15) is 443 Å². The molecule has 7 aliphatic rings. The molecule has 7 saturated carbocycles. The summed E-state index contributed by atoms with van der Waals surface area (Å²) in [5, 5.41) is 0. The molecule has 0 N–H and O–H groups in total. The summed E-state index contributed by atoms with van der Waals surface area (Å²) in [6.45, 7) is 103. The molecule has 0 aromatic rings. The Kier molecular flexibility index (Phi) is 84.2. The Bertz CT molecular complexity index is 2760. The summed E-state index contributed by atoms with van der Waals surface area (Å²) in [4.78, 5) is 89.7. The number of rotatable bonds is 16. The minimum absolute atomic E-state index is 0. The second kappa shape index (κ2) is 76.9. The van der Waals surface area contributed by atoms with Gasteiger partial charge in [0.15, 0.2) is 0 Å². The third-order valence-corrected chi connectivity index (χ3v) is 21.2. The van der Waals surface area contributed by atoms with E-state index in [0.717, 1.165) is 121 Å². The molecule has 0 saturated heterocycles. The number of esters is 8. The van der Waals surface area contributed by atoms with Gasteiger partial charge in [-0.15, -0.1) is 0 Å². The predicted octanol–water partition coefficient (Wildman–Crippen LogP) is 31.0. The average Bonchev–Trinajstić information content (AvgIpc) is 0.811. The highest BCUT2D eigenvalue weighted by Gasteiger charge is 2.38. The molecule has 0 amide bonds. The topological polar surface area (TPSA) is 210 Å². The van der Waals surface area contributed by atoms with Crippen LogP contribution >= 0.6 is 0 Å². The summed E-state index contributed by atoms with van der Waals surface area (Å²) in [5.41, 5.74) is 5.26. The van der Waals surface area contributed by atoms with E-state index in [9.17, 15) is 38.4 Å². The van der Waals surface area contributed by atoms with Crippen molar-refractivity contribution in [1.82, 2.24) is 0 Å². The van der Waals surface area contributed by atoms with Crippen molar-refractivity contribution in [3.8, 4) is 0 Å². The summed E-state index contributed by atoms with van der Waals surface area (Å²) in [6.07, 6.45) is 32.1. The number of ether oxygens (including phenoxy) is 8. The molecule has 0 aliphatic heterocycles. The minimum atomic E-state index is -0.315. The first-order chi connectivity index (χ1) is 56.8. The highest BCUT2D eigenvalue weighted by Crippen LogP contribution is 2.44. The lowest BCUT2D eigenvalue weighted by Gasteiger charge is -2.40. The van der Waals surface area contributed by atoms with Crippen LogP contribution in [0.15, 0.2) is 97.2 Å². The van der Waals surface area contributed by atoms with E-state index in [0.29, 0.717) is 84.0 Å². The SMILES string of the molecule is C.C=C(C)C(=O)OC(C)C.C=C(C)C(=O)OC1CC(C)(C)CCC1C.C=C(C)C(=O)OC1CC(C)(C)CCC1C.C=C(C)C(=O)OC1CCC(C(C)(C)C)CC1.C=C(C)C(=O)OC1CCC(C(C)(C)C)CC1C.C=C(C)C(=O)OC1CCCCC1.C=C(C)C(=O)OC1CCCCC1.C=C(C)C(=O)OC1CCCCC1.CC.CC.CC.CC.CC.CC.CC. The van der Waals surface area contributed by atoms with Crippen molar-refractivity contribution in [3.63, 3.8) is 0 Å². The molecule has 16 heteroatoms. The van der Waals surface area contributed by atoms with Gasteiger partial charge in [0.1, 0.15) is 42.7 Å². The second-order valence-electron chi connectivity index (χ2n) is 36.4. The molecule has 0 heterocycles. The largest absolute Gasteiger partial charge is 0.460 e. The molecule has 0 bridgehead atoms. The van der Waals surface area contributed by atoms with Crippen LogP contribution in [0.2, 0.25) is 0 Å². The van der Waals surface area contributed by atoms with Gasteiger partial charge in [-0.25, -0.2) is 38.4 Å². The van der Waals surface area contributed by atoms with Gasteiger partial charge in [-0.05, 0) is 281 Å². The molecule has 7 unspecified atom stereocenters. The van der Waals surface area contributed by atoms with Gasteiger partial charge in [-0.1, -0.05) is 266 Å². The van der Waals surface area contributed by atoms with Crippen molar-refractivity contribution in [1.29, 1.82) is 0 Å². The summed E-state index contributed by atoms with van der Waals surface area (Å²) in [7, 11) is 0. The number of carbonyl (C=O) groups is 8. The Labute approximate surface area is 760 Å². The van der Waals surface area contributed by atoms with Gasteiger partial charge in [-0.2, -0.15) is 0 Å². The Morgan fingerprint density at radius 1 is 0.285 bits per heavy atom. The summed E-state index contributed by atoms with van der Waals surface area (Å²) >= 11 is 0. The molecule has 7 aliphatic carbocycles. The molecule has 123 heavy (non-hydrogen) atoms. The van der Waals surface area contributed by atoms with Crippen molar-refractivity contribution in [2.45, 2.75) is 492 Å². The van der Waals surface area contributed by atoms with Crippen LogP contribution in [0.25, 0.3) is 0 Å². The van der Waals surface area contributed by atoms with E-state index < -0.39 is 0 Å². The van der Waals surface area contributed by atoms with E-state index in [2.05, 4.69) is 143 Å². The van der Waals surface area contributed by atoms with Crippen LogP contribution in [0.5, 0.6) is 0 Å². The molecule has 7 fully saturated rings. The Morgan fingerprint density at radius 3 is 0.699 bits per heavy atom. The molecule has 7 atom stereocenters. The molecule has 0 aromatic heterocycles. The standard InChI is InChI=1S/C15H26O2.C14H24O2.2C13H22O2.3C10H16O2.C7H12O2.7C2H6.CH4/c1-10(2)14(16)17-13-8-7-12(9-11(13)3)15(4,5)6;1-10(2)13(15)16-12-8-6-11(7-9-12)14(3,4)5;2*1-9(2)12(14)15-11-8-13(4,5)7-6-10(11)3;3*1-8(2)10(11)12-9-6-4-3-5-7-9;1-5(2)7(8)9-6(3)4;7*1-2;/h11-13H,1,7-9H2,2-6H3;11-12H,1,6-9H2,2-5H3;2*10-11H,1,6-8H2,2-5H3;3*9H,1,3-7H2,2H3;6H,1H2,2-4H3;7*1-2H3;1H4. The first-order valence-corrected chi connectivity index (χ1v) is 47.7. The quantitative estimate of drug-likeness (QED) is 0.0799. The molecule has 0 radical (unpaired) electrons. The van der Waals surface area contributed by atoms with Gasteiger partial charge in [0.25, 0.3) is 0 Å². The Hall–Kier alpha value is -6.32. The number of hydrogen-bond donors (Lipinski definition) is 0. The molecule has 0 aromatic carbocycles. The molecular formula is C107H200O16. The van der Waals surface area contributed by atoms with E-state index >= 15 is 0 Å². The van der Waals surface area contributed by atoms with Gasteiger partial charge in [0.05, 0.1) is 6.10 Å². The predicted molar refractivity (Wildman–Crippen MR) is 525 cm³/mol. The third-order valence-electron chi connectivity index (χ3n) is 21.2. The maximum Gasteiger partial charge on any atom is 0.333 e. The van der Waals surface area contributed by atoms with E-state index in [1.165, 1.54) is 70.6 Å². The molecule has 7 rings (SSSR count). The van der Waals surface area contributed by atoms with Crippen LogP contribution in [0.4, 0.5) is 0 Å². The zero-order valence-corrected chi connectivity index (χ0v) is 86.5. The number of hydrogen-bond acceptors (Lipinski definition) is 16. The number of carbonyl (C=O) groups excluding carboxylic acids is 8. The summed E-state index contributed by atoms with van der Waals surface area (Å²) in [6, 6.07) is 0. The summed E-state index contributed by atoms with van der Waals surface area (Å²) < 4.78 is 42.2. The smallest absolute Gasteiger partial charge is 0.333 e. The molecule has 724 valence electrons. The highest BCUT2D eigenvalue weighted by molar-refractivity contribution is 5.90. The van der Waals surface area contributed by atoms with Crippen molar-refractivity contribution in [3.05, 3.63) is 97.2 Å². The lowest BCUT2D eigenvalue weighted by Crippen LogP contribution is -2.36. The lowest BCUT2D eigenvalue weighted by atomic mass is 9.68. The fourth-order valence-electron chi connectivity index (χ4n) is 13.6. The van der Waals surface area contributed by atoms with Crippen molar-refractivity contribution in [2.75, 3.05) is 0 Å². The van der Waals surface area contributed by atoms with Gasteiger partial charge in [0.2, 0.25) is 0 Å². The minimum Gasteiger partial charge on any atom is -0.460 e. The fourth-order valence-corrected chi connectivity index (χ4v) is 13.6. The van der Waals surface area contributed by atoms with E-state index in [1.54, 1.807) is 69.2 Å². The second-order valence-corrected chi connectivity index (χ2v) is 36.4. The Balaban J connectivity index is -0.000000169. The lowest BCUT2D eigenvalue weighted by molar-refractivity contribution is -0.151. The third kappa shape index (κ3) is 69.5. The molecule has 0 spiro atoms. The van der Waals surface area contributed by atoms with Crippen LogP contribution < -0.4 is 0 Å². The van der Waals surface area contributed by atoms with Crippen LogP contribution in [0.3, 0.4) is 0 Å². The van der Waals surface area contributed by atoms with E-state index in [4.69, 9.17) is 37.9 Å². The average molecular weight is 1740 g/mol. The van der Waals surface area contributed by atoms with Gasteiger partial charge < -0.3 is 37.9 Å². The summed E-state index contributed by atoms with van der Waals surface area (Å²) in [5.74, 6) is 0.906.